The Morgan fingerprint density at radius 3 is 2.89 bits per heavy atom. The minimum atomic E-state index is 0.532. The van der Waals surface area contributed by atoms with E-state index < -0.39 is 0 Å². The van der Waals surface area contributed by atoms with Crippen molar-refractivity contribution in [3.8, 4) is 6.07 Å². The minimum Gasteiger partial charge on any atom is -0.330 e. The molecule has 0 spiro atoms. The molecule has 1 heterocycles. The highest BCUT2D eigenvalue weighted by Gasteiger charge is 2.05. The highest BCUT2D eigenvalue weighted by molar-refractivity contribution is 8.01. The largest absolute Gasteiger partial charge is 0.330 e. The third-order valence-electron chi connectivity index (χ3n) is 2.60. The van der Waals surface area contributed by atoms with Crippen LogP contribution in [-0.4, -0.2) is 16.0 Å². The van der Waals surface area contributed by atoms with Crippen molar-refractivity contribution in [2.24, 2.45) is 0 Å². The van der Waals surface area contributed by atoms with Crippen LogP contribution in [0.3, 0.4) is 0 Å². The molecule has 0 saturated heterocycles. The highest BCUT2D eigenvalue weighted by atomic mass is 32.2. The van der Waals surface area contributed by atoms with Crippen molar-refractivity contribution in [2.75, 3.05) is 11.1 Å². The first-order valence-electron chi connectivity index (χ1n) is 5.86. The molecule has 1 aromatic heterocycles. The van der Waals surface area contributed by atoms with Gasteiger partial charge in [0.05, 0.1) is 6.07 Å². The number of hydrogen-bond donors (Lipinski definition) is 1. The molecule has 0 saturated carbocycles. The molecule has 2 aromatic rings. The van der Waals surface area contributed by atoms with Gasteiger partial charge in [0.2, 0.25) is 5.13 Å². The van der Waals surface area contributed by atoms with E-state index in [4.69, 9.17) is 5.26 Å². The number of rotatable bonds is 5. The normalized spacial score (nSPS) is 10.2. The zero-order chi connectivity index (χ0) is 13.7. The second kappa shape index (κ2) is 6.55. The molecule has 4 nitrogen and oxygen atoms in total. The molecule has 0 aliphatic heterocycles. The second-order valence-electron chi connectivity index (χ2n) is 4.05. The van der Waals surface area contributed by atoms with Gasteiger partial charge >= 0.3 is 0 Å². The van der Waals surface area contributed by atoms with Crippen LogP contribution in [0.4, 0.5) is 10.8 Å². The molecule has 6 heteroatoms. The van der Waals surface area contributed by atoms with Crippen molar-refractivity contribution in [1.82, 2.24) is 10.2 Å². The molecule has 0 aliphatic carbocycles. The quantitative estimate of drug-likeness (QED) is 0.668. The van der Waals surface area contributed by atoms with E-state index in [2.05, 4.69) is 47.6 Å². The van der Waals surface area contributed by atoms with Gasteiger partial charge in [0, 0.05) is 17.9 Å². The van der Waals surface area contributed by atoms with Gasteiger partial charge in [0.1, 0.15) is 0 Å². The summed E-state index contributed by atoms with van der Waals surface area (Å²) in [6, 6.07) is 8.33. The van der Waals surface area contributed by atoms with E-state index >= 15 is 0 Å². The fourth-order valence-corrected chi connectivity index (χ4v) is 3.13. The fraction of sp³-hybridized carbons (Fsp3) is 0.308. The third-order valence-corrected chi connectivity index (χ3v) is 4.58. The predicted octanol–water partition coefficient (Wildman–Crippen LogP) is 3.90. The Hall–Kier alpha value is -1.58. The number of benzene rings is 1. The van der Waals surface area contributed by atoms with E-state index in [1.165, 1.54) is 22.5 Å². The molecule has 19 heavy (non-hydrogen) atoms. The Bertz CT molecular complexity index is 601. The Morgan fingerprint density at radius 1 is 1.32 bits per heavy atom. The van der Waals surface area contributed by atoms with Gasteiger partial charge in [-0.25, -0.2) is 0 Å². The Labute approximate surface area is 120 Å². The maximum Gasteiger partial charge on any atom is 0.210 e. The van der Waals surface area contributed by atoms with E-state index in [1.807, 2.05) is 6.07 Å². The van der Waals surface area contributed by atoms with E-state index in [-0.39, 0.29) is 0 Å². The van der Waals surface area contributed by atoms with E-state index in [0.29, 0.717) is 6.42 Å². The number of hydrogen-bond acceptors (Lipinski definition) is 6. The van der Waals surface area contributed by atoms with E-state index in [0.717, 1.165) is 20.9 Å². The second-order valence-corrected chi connectivity index (χ2v) is 6.37. The molecule has 0 bridgehead atoms. The predicted molar refractivity (Wildman–Crippen MR) is 80.1 cm³/mol. The standard InChI is InChI=1S/C13H14N4S2/c1-9-4-5-11(8-10(9)2)15-12-16-17-13(19-12)18-7-3-6-14/h4-5,8H,3,7H2,1-2H3,(H,15,16). The Kier molecular flexibility index (Phi) is 4.77. The van der Waals surface area contributed by atoms with Crippen LogP contribution in [0, 0.1) is 25.2 Å². The lowest BCUT2D eigenvalue weighted by Gasteiger charge is -2.05. The minimum absolute atomic E-state index is 0.532. The summed E-state index contributed by atoms with van der Waals surface area (Å²) in [6.07, 6.45) is 0.532. The van der Waals surface area contributed by atoms with Crippen molar-refractivity contribution < 1.29 is 0 Å². The number of nitrogens with zero attached hydrogens (tertiary/aromatic N) is 3. The zero-order valence-corrected chi connectivity index (χ0v) is 12.4. The van der Waals surface area contributed by atoms with Gasteiger partial charge in [0.25, 0.3) is 0 Å². The third kappa shape index (κ3) is 3.94. The molecule has 0 atom stereocenters. The van der Waals surface area contributed by atoms with E-state index in [9.17, 15) is 0 Å². The molecule has 0 fully saturated rings. The van der Waals surface area contributed by atoms with Crippen LogP contribution in [0.15, 0.2) is 22.5 Å². The summed E-state index contributed by atoms with van der Waals surface area (Å²) < 4.78 is 0.890. The van der Waals surface area contributed by atoms with Crippen LogP contribution in [0.5, 0.6) is 0 Å². The zero-order valence-electron chi connectivity index (χ0n) is 10.8. The molecule has 0 amide bonds. The first kappa shape index (κ1) is 13.8. The Balaban J connectivity index is 1.99. The maximum absolute atomic E-state index is 8.48. The van der Waals surface area contributed by atoms with E-state index in [1.54, 1.807) is 11.8 Å². The first-order chi connectivity index (χ1) is 9.19. The van der Waals surface area contributed by atoms with Crippen LogP contribution >= 0.6 is 23.1 Å². The molecule has 1 aromatic carbocycles. The molecule has 0 aliphatic rings. The SMILES string of the molecule is Cc1ccc(Nc2nnc(SCCC#N)s2)cc1C. The van der Waals surface area contributed by atoms with Gasteiger partial charge < -0.3 is 5.32 Å². The van der Waals surface area contributed by atoms with Crippen LogP contribution in [0.2, 0.25) is 0 Å². The van der Waals surface area contributed by atoms with Gasteiger partial charge in [-0.3, -0.25) is 0 Å². The number of aryl methyl sites for hydroxylation is 2. The molecule has 0 radical (unpaired) electrons. The van der Waals surface area contributed by atoms with Crippen molar-refractivity contribution in [3.63, 3.8) is 0 Å². The number of nitriles is 1. The van der Waals surface area contributed by atoms with Gasteiger partial charge in [-0.1, -0.05) is 29.2 Å². The van der Waals surface area contributed by atoms with Crippen molar-refractivity contribution in [1.29, 1.82) is 5.26 Å². The molecule has 2 rings (SSSR count). The topological polar surface area (TPSA) is 61.6 Å². The summed E-state index contributed by atoms with van der Waals surface area (Å²) in [6.45, 7) is 4.18. The average Bonchev–Trinajstić information content (AvgIpc) is 2.82. The van der Waals surface area contributed by atoms with Crippen molar-refractivity contribution in [2.45, 2.75) is 24.6 Å². The number of nitrogens with one attached hydrogen (secondary N) is 1. The van der Waals surface area contributed by atoms with Crippen molar-refractivity contribution >= 4 is 33.9 Å². The average molecular weight is 290 g/mol. The molecule has 0 unspecified atom stereocenters. The summed E-state index contributed by atoms with van der Waals surface area (Å²) in [5.74, 6) is 0.759. The summed E-state index contributed by atoms with van der Waals surface area (Å²) in [7, 11) is 0. The van der Waals surface area contributed by atoms with Gasteiger partial charge in [-0.2, -0.15) is 5.26 Å². The van der Waals surface area contributed by atoms with Crippen LogP contribution in [0.25, 0.3) is 0 Å². The lowest BCUT2D eigenvalue weighted by molar-refractivity contribution is 1.01. The number of aromatic nitrogens is 2. The fourth-order valence-electron chi connectivity index (χ4n) is 1.45. The maximum atomic E-state index is 8.48. The Morgan fingerprint density at radius 2 is 2.16 bits per heavy atom. The van der Waals surface area contributed by atoms with Crippen molar-refractivity contribution in [3.05, 3.63) is 29.3 Å². The van der Waals surface area contributed by atoms with Crippen LogP contribution in [0.1, 0.15) is 17.5 Å². The summed E-state index contributed by atoms with van der Waals surface area (Å²) in [4.78, 5) is 0. The van der Waals surface area contributed by atoms with Gasteiger partial charge in [0.15, 0.2) is 4.34 Å². The molecule has 1 N–H and O–H groups in total. The van der Waals surface area contributed by atoms with Gasteiger partial charge in [-0.05, 0) is 37.1 Å². The lowest BCUT2D eigenvalue weighted by Crippen LogP contribution is -1.91. The smallest absolute Gasteiger partial charge is 0.210 e. The van der Waals surface area contributed by atoms with Crippen LogP contribution < -0.4 is 5.32 Å². The molecular weight excluding hydrogens is 276 g/mol. The van der Waals surface area contributed by atoms with Gasteiger partial charge in [-0.15, -0.1) is 10.2 Å². The summed E-state index contributed by atoms with van der Waals surface area (Å²) >= 11 is 3.07. The summed E-state index contributed by atoms with van der Waals surface area (Å²) in [5.41, 5.74) is 3.54. The highest BCUT2D eigenvalue weighted by Crippen LogP contribution is 2.28. The first-order valence-corrected chi connectivity index (χ1v) is 7.67. The number of thioether (sulfide) groups is 1. The number of anilines is 2. The van der Waals surface area contributed by atoms with Crippen LogP contribution in [-0.2, 0) is 0 Å². The molecular formula is C13H14N4S2. The summed E-state index contributed by atoms with van der Waals surface area (Å²) in [5, 5.41) is 20.7. The monoisotopic (exact) mass is 290 g/mol. The lowest BCUT2D eigenvalue weighted by atomic mass is 10.1. The molecule has 98 valence electrons.